The van der Waals surface area contributed by atoms with E-state index in [2.05, 4.69) is 0 Å². The standard InChI is InChI=1S/C16H17Cl2NO2/c1-16(20,12-5-3-2-4-6-12)10-21-15-11(9-19)7-13(17)8-14(15)18/h2-8,20H,9-10,19H2,1H3. The molecule has 0 heterocycles. The Morgan fingerprint density at radius 1 is 1.19 bits per heavy atom. The van der Waals surface area contributed by atoms with Crippen LogP contribution in [0.2, 0.25) is 10.0 Å². The molecule has 0 aliphatic carbocycles. The maximum absolute atomic E-state index is 10.5. The van der Waals surface area contributed by atoms with Crippen LogP contribution in [0.3, 0.4) is 0 Å². The maximum Gasteiger partial charge on any atom is 0.142 e. The minimum atomic E-state index is -1.13. The molecule has 21 heavy (non-hydrogen) atoms. The van der Waals surface area contributed by atoms with Crippen molar-refractivity contribution in [1.29, 1.82) is 0 Å². The molecule has 0 aromatic heterocycles. The van der Waals surface area contributed by atoms with Gasteiger partial charge in [0.2, 0.25) is 0 Å². The first kappa shape index (κ1) is 16.1. The summed E-state index contributed by atoms with van der Waals surface area (Å²) < 4.78 is 5.71. The summed E-state index contributed by atoms with van der Waals surface area (Å²) in [5.41, 5.74) is 6.02. The summed E-state index contributed by atoms with van der Waals surface area (Å²) in [5.74, 6) is 0.458. The van der Waals surface area contributed by atoms with Gasteiger partial charge in [0.1, 0.15) is 18.0 Å². The molecule has 5 heteroatoms. The third-order valence-electron chi connectivity index (χ3n) is 3.20. The van der Waals surface area contributed by atoms with Crippen LogP contribution in [0.4, 0.5) is 0 Å². The molecule has 0 aliphatic rings. The summed E-state index contributed by atoms with van der Waals surface area (Å²) in [5, 5.41) is 11.4. The highest BCUT2D eigenvalue weighted by Crippen LogP contribution is 2.33. The Labute approximate surface area is 134 Å². The molecule has 2 aromatic carbocycles. The number of rotatable bonds is 5. The predicted molar refractivity (Wildman–Crippen MR) is 85.9 cm³/mol. The molecule has 0 radical (unpaired) electrons. The van der Waals surface area contributed by atoms with Crippen molar-refractivity contribution in [1.82, 2.24) is 0 Å². The van der Waals surface area contributed by atoms with E-state index in [1.165, 1.54) is 0 Å². The van der Waals surface area contributed by atoms with Crippen LogP contribution in [0.25, 0.3) is 0 Å². The van der Waals surface area contributed by atoms with Crippen molar-refractivity contribution in [3.05, 3.63) is 63.6 Å². The molecule has 1 atom stereocenters. The zero-order valence-electron chi connectivity index (χ0n) is 11.6. The molecule has 0 saturated heterocycles. The smallest absolute Gasteiger partial charge is 0.142 e. The molecule has 1 unspecified atom stereocenters. The lowest BCUT2D eigenvalue weighted by Crippen LogP contribution is -2.29. The fourth-order valence-corrected chi connectivity index (χ4v) is 2.61. The quantitative estimate of drug-likeness (QED) is 0.880. The number of benzene rings is 2. The summed E-state index contributed by atoms with van der Waals surface area (Å²) in [7, 11) is 0. The van der Waals surface area contributed by atoms with Crippen molar-refractivity contribution in [2.45, 2.75) is 19.1 Å². The van der Waals surface area contributed by atoms with Crippen molar-refractivity contribution in [3.8, 4) is 5.75 Å². The Morgan fingerprint density at radius 2 is 1.86 bits per heavy atom. The second-order valence-electron chi connectivity index (χ2n) is 5.01. The maximum atomic E-state index is 10.5. The Bertz CT molecular complexity index is 615. The molecule has 0 aliphatic heterocycles. The number of aliphatic hydroxyl groups is 1. The van der Waals surface area contributed by atoms with Gasteiger partial charge in [-0.1, -0.05) is 53.5 Å². The summed E-state index contributed by atoms with van der Waals surface area (Å²) in [6.07, 6.45) is 0. The lowest BCUT2D eigenvalue weighted by Gasteiger charge is -2.25. The number of hydrogen-bond donors (Lipinski definition) is 2. The van der Waals surface area contributed by atoms with Crippen molar-refractivity contribution < 1.29 is 9.84 Å². The zero-order valence-corrected chi connectivity index (χ0v) is 13.2. The second-order valence-corrected chi connectivity index (χ2v) is 5.85. The van der Waals surface area contributed by atoms with E-state index in [1.807, 2.05) is 30.3 Å². The van der Waals surface area contributed by atoms with Crippen LogP contribution in [0, 0.1) is 0 Å². The Morgan fingerprint density at radius 3 is 2.48 bits per heavy atom. The van der Waals surface area contributed by atoms with E-state index in [4.69, 9.17) is 33.7 Å². The number of halogens is 2. The Balaban J connectivity index is 2.20. The second kappa shape index (κ2) is 6.67. The Kier molecular flexibility index (Phi) is 5.12. The lowest BCUT2D eigenvalue weighted by atomic mass is 9.97. The van der Waals surface area contributed by atoms with Gasteiger partial charge in [0.25, 0.3) is 0 Å². The van der Waals surface area contributed by atoms with E-state index in [-0.39, 0.29) is 13.2 Å². The number of hydrogen-bond acceptors (Lipinski definition) is 3. The van der Waals surface area contributed by atoms with E-state index in [9.17, 15) is 5.11 Å². The first-order valence-corrected chi connectivity index (χ1v) is 7.28. The third kappa shape index (κ3) is 3.89. The fraction of sp³-hybridized carbons (Fsp3) is 0.250. The van der Waals surface area contributed by atoms with E-state index in [0.29, 0.717) is 21.4 Å². The van der Waals surface area contributed by atoms with Crippen LogP contribution in [0.1, 0.15) is 18.1 Å². The molecule has 0 spiro atoms. The van der Waals surface area contributed by atoms with Crippen molar-refractivity contribution in [3.63, 3.8) is 0 Å². The fourth-order valence-electron chi connectivity index (χ4n) is 2.02. The monoisotopic (exact) mass is 325 g/mol. The lowest BCUT2D eigenvalue weighted by molar-refractivity contribution is 0.00735. The summed E-state index contributed by atoms with van der Waals surface area (Å²) in [4.78, 5) is 0. The molecule has 2 rings (SSSR count). The van der Waals surface area contributed by atoms with Crippen LogP contribution in [-0.4, -0.2) is 11.7 Å². The molecule has 112 valence electrons. The summed E-state index contributed by atoms with van der Waals surface area (Å²) in [6, 6.07) is 12.6. The average Bonchev–Trinajstić information content (AvgIpc) is 2.46. The highest BCUT2D eigenvalue weighted by Gasteiger charge is 2.25. The first-order valence-electron chi connectivity index (χ1n) is 6.53. The van der Waals surface area contributed by atoms with Crippen LogP contribution >= 0.6 is 23.2 Å². The van der Waals surface area contributed by atoms with Crippen molar-refractivity contribution in [2.24, 2.45) is 5.73 Å². The molecule has 0 saturated carbocycles. The number of ether oxygens (including phenoxy) is 1. The SMILES string of the molecule is CC(O)(COc1c(Cl)cc(Cl)cc1CN)c1ccccc1. The minimum Gasteiger partial charge on any atom is -0.488 e. The molecule has 2 aromatic rings. The van der Waals surface area contributed by atoms with Crippen molar-refractivity contribution in [2.75, 3.05) is 6.61 Å². The van der Waals surface area contributed by atoms with Crippen LogP contribution in [0.15, 0.2) is 42.5 Å². The van der Waals surface area contributed by atoms with Gasteiger partial charge in [-0.05, 0) is 24.6 Å². The average molecular weight is 326 g/mol. The summed E-state index contributed by atoms with van der Waals surface area (Å²) >= 11 is 12.1. The van der Waals surface area contributed by atoms with Gasteiger partial charge in [-0.25, -0.2) is 0 Å². The van der Waals surface area contributed by atoms with Gasteiger partial charge in [-0.2, -0.15) is 0 Å². The van der Waals surface area contributed by atoms with Gasteiger partial charge in [0, 0.05) is 17.1 Å². The zero-order chi connectivity index (χ0) is 15.5. The van der Waals surface area contributed by atoms with Gasteiger partial charge < -0.3 is 15.6 Å². The molecular formula is C16H17Cl2NO2. The molecule has 0 fully saturated rings. The topological polar surface area (TPSA) is 55.5 Å². The van der Waals surface area contributed by atoms with E-state index >= 15 is 0 Å². The van der Waals surface area contributed by atoms with Gasteiger partial charge in [0.15, 0.2) is 0 Å². The molecule has 0 amide bonds. The number of nitrogens with two attached hydrogens (primary N) is 1. The van der Waals surface area contributed by atoms with Crippen LogP contribution in [-0.2, 0) is 12.1 Å². The molecular weight excluding hydrogens is 309 g/mol. The minimum absolute atomic E-state index is 0.0609. The van der Waals surface area contributed by atoms with Gasteiger partial charge in [0.05, 0.1) is 5.02 Å². The van der Waals surface area contributed by atoms with Crippen molar-refractivity contribution >= 4 is 23.2 Å². The van der Waals surface area contributed by atoms with Crippen LogP contribution in [0.5, 0.6) is 5.75 Å². The van der Waals surface area contributed by atoms with Gasteiger partial charge >= 0.3 is 0 Å². The predicted octanol–water partition coefficient (Wildman–Crippen LogP) is 3.74. The molecule has 3 nitrogen and oxygen atoms in total. The Hall–Kier alpha value is -1.26. The normalized spacial score (nSPS) is 13.8. The van der Waals surface area contributed by atoms with E-state index in [0.717, 1.165) is 5.56 Å². The molecule has 0 bridgehead atoms. The highest BCUT2D eigenvalue weighted by molar-refractivity contribution is 6.35. The first-order chi connectivity index (χ1) is 9.94. The van der Waals surface area contributed by atoms with Crippen LogP contribution < -0.4 is 10.5 Å². The van der Waals surface area contributed by atoms with Gasteiger partial charge in [-0.3, -0.25) is 0 Å². The van der Waals surface area contributed by atoms with E-state index in [1.54, 1.807) is 19.1 Å². The summed E-state index contributed by atoms with van der Waals surface area (Å²) in [6.45, 7) is 2.00. The largest absolute Gasteiger partial charge is 0.488 e. The third-order valence-corrected chi connectivity index (χ3v) is 3.70. The van der Waals surface area contributed by atoms with E-state index < -0.39 is 5.60 Å². The van der Waals surface area contributed by atoms with Gasteiger partial charge in [-0.15, -0.1) is 0 Å². The highest BCUT2D eigenvalue weighted by atomic mass is 35.5. The molecule has 3 N–H and O–H groups in total.